The third-order valence-electron chi connectivity index (χ3n) is 5.87. The number of amides is 2. The van der Waals surface area contributed by atoms with E-state index in [2.05, 4.69) is 0 Å². The number of piperazine rings is 1. The Balaban J connectivity index is 1.63. The Morgan fingerprint density at radius 3 is 2.29 bits per heavy atom. The lowest BCUT2D eigenvalue weighted by molar-refractivity contribution is -0.137. The van der Waals surface area contributed by atoms with Gasteiger partial charge in [0.2, 0.25) is 11.8 Å². The summed E-state index contributed by atoms with van der Waals surface area (Å²) in [7, 11) is 5.48. The number of benzene rings is 2. The van der Waals surface area contributed by atoms with Gasteiger partial charge in [0.25, 0.3) is 0 Å². The van der Waals surface area contributed by atoms with E-state index < -0.39 is 0 Å². The van der Waals surface area contributed by atoms with Gasteiger partial charge in [0.1, 0.15) is 5.75 Å². The van der Waals surface area contributed by atoms with Gasteiger partial charge in [0, 0.05) is 66.4 Å². The number of carbonyl (C=O) groups is 2. The Kier molecular flexibility index (Phi) is 9.87. The van der Waals surface area contributed by atoms with Crippen LogP contribution in [0.4, 0.5) is 0 Å². The second-order valence-electron chi connectivity index (χ2n) is 8.64. The topological polar surface area (TPSA) is 53.1 Å². The summed E-state index contributed by atoms with van der Waals surface area (Å²) in [6.45, 7) is 2.81. The standard InChI is InChI=1S/C26H30Cl3N3O3/c1-30(2)10-4-5-25(33)31-11-13-32(14-12-31)26(34)9-6-18-15-20(23(29)17-24(18)35-3)21-16-19(27)7-8-22(21)28/h4-5,7-8,15-17H,6,9-14H2,1-3H3/b5-4+. The lowest BCUT2D eigenvalue weighted by Crippen LogP contribution is -2.50. The van der Waals surface area contributed by atoms with Crippen molar-refractivity contribution in [1.29, 1.82) is 0 Å². The van der Waals surface area contributed by atoms with Crippen LogP contribution < -0.4 is 4.74 Å². The van der Waals surface area contributed by atoms with Crippen molar-refractivity contribution in [2.24, 2.45) is 0 Å². The quantitative estimate of drug-likeness (QED) is 0.442. The van der Waals surface area contributed by atoms with Gasteiger partial charge in [-0.25, -0.2) is 0 Å². The maximum Gasteiger partial charge on any atom is 0.246 e. The van der Waals surface area contributed by atoms with Crippen LogP contribution in [0.3, 0.4) is 0 Å². The minimum atomic E-state index is -0.0166. The molecule has 188 valence electrons. The summed E-state index contributed by atoms with van der Waals surface area (Å²) in [5.41, 5.74) is 2.31. The molecule has 0 saturated carbocycles. The second-order valence-corrected chi connectivity index (χ2v) is 9.89. The zero-order chi connectivity index (χ0) is 25.5. The fourth-order valence-corrected chi connectivity index (χ4v) is 4.59. The molecular weight excluding hydrogens is 509 g/mol. The Morgan fingerprint density at radius 2 is 1.63 bits per heavy atom. The fraction of sp³-hybridized carbons (Fsp3) is 0.385. The summed E-state index contributed by atoms with van der Waals surface area (Å²) < 4.78 is 5.51. The van der Waals surface area contributed by atoms with Crippen LogP contribution in [0.25, 0.3) is 11.1 Å². The lowest BCUT2D eigenvalue weighted by Gasteiger charge is -2.34. The molecule has 6 nitrogen and oxygen atoms in total. The van der Waals surface area contributed by atoms with Crippen LogP contribution in [0.1, 0.15) is 12.0 Å². The highest BCUT2D eigenvalue weighted by Gasteiger charge is 2.23. The summed E-state index contributed by atoms with van der Waals surface area (Å²) in [6, 6.07) is 8.86. The van der Waals surface area contributed by atoms with Crippen molar-refractivity contribution in [3.05, 3.63) is 63.1 Å². The Morgan fingerprint density at radius 1 is 0.971 bits per heavy atom. The zero-order valence-corrected chi connectivity index (χ0v) is 22.5. The second kappa shape index (κ2) is 12.6. The van der Waals surface area contributed by atoms with E-state index in [0.717, 1.165) is 16.7 Å². The van der Waals surface area contributed by atoms with Gasteiger partial charge >= 0.3 is 0 Å². The van der Waals surface area contributed by atoms with Crippen LogP contribution in [-0.4, -0.2) is 80.4 Å². The molecule has 1 fully saturated rings. The molecule has 0 aromatic heterocycles. The van der Waals surface area contributed by atoms with Crippen LogP contribution >= 0.6 is 34.8 Å². The Bertz CT molecular complexity index is 1100. The van der Waals surface area contributed by atoms with Crippen LogP contribution in [-0.2, 0) is 16.0 Å². The summed E-state index contributed by atoms with van der Waals surface area (Å²) >= 11 is 19.1. The van der Waals surface area contributed by atoms with Crippen LogP contribution in [0.15, 0.2) is 42.5 Å². The molecule has 1 aliphatic heterocycles. The molecule has 0 atom stereocenters. The number of carbonyl (C=O) groups excluding carboxylic acids is 2. The van der Waals surface area contributed by atoms with E-state index in [9.17, 15) is 9.59 Å². The smallest absolute Gasteiger partial charge is 0.246 e. The zero-order valence-electron chi connectivity index (χ0n) is 20.2. The van der Waals surface area contributed by atoms with Crippen LogP contribution in [0.2, 0.25) is 15.1 Å². The first-order valence-corrected chi connectivity index (χ1v) is 12.5. The number of ether oxygens (including phenoxy) is 1. The SMILES string of the molecule is COc1cc(Cl)c(-c2cc(Cl)ccc2Cl)cc1CCC(=O)N1CCN(C(=O)/C=C/CN(C)C)CC1. The lowest BCUT2D eigenvalue weighted by atomic mass is 9.99. The minimum Gasteiger partial charge on any atom is -0.496 e. The van der Waals surface area contributed by atoms with Gasteiger partial charge in [0.05, 0.1) is 12.1 Å². The highest BCUT2D eigenvalue weighted by atomic mass is 35.5. The molecule has 2 aromatic rings. The maximum atomic E-state index is 12.9. The number of rotatable bonds is 8. The van der Waals surface area contributed by atoms with Gasteiger partial charge in [0.15, 0.2) is 0 Å². The van der Waals surface area contributed by atoms with E-state index in [4.69, 9.17) is 39.5 Å². The van der Waals surface area contributed by atoms with Crippen molar-refractivity contribution in [1.82, 2.24) is 14.7 Å². The summed E-state index contributed by atoms with van der Waals surface area (Å²) in [6.07, 6.45) is 4.26. The van der Waals surface area contributed by atoms with E-state index in [1.807, 2.05) is 36.0 Å². The monoisotopic (exact) mass is 537 g/mol. The Labute approximate surface area is 222 Å². The molecule has 2 aromatic carbocycles. The first-order valence-electron chi connectivity index (χ1n) is 11.4. The van der Waals surface area contributed by atoms with Crippen molar-refractivity contribution in [2.45, 2.75) is 12.8 Å². The molecule has 9 heteroatoms. The van der Waals surface area contributed by atoms with E-state index in [-0.39, 0.29) is 11.8 Å². The van der Waals surface area contributed by atoms with Crippen molar-refractivity contribution in [2.75, 3.05) is 53.9 Å². The largest absolute Gasteiger partial charge is 0.496 e. The third-order valence-corrected chi connectivity index (χ3v) is 6.75. The molecule has 1 aliphatic rings. The number of nitrogens with zero attached hydrogens (tertiary/aromatic N) is 3. The van der Waals surface area contributed by atoms with Gasteiger partial charge in [-0.3, -0.25) is 9.59 Å². The molecule has 0 aliphatic carbocycles. The van der Waals surface area contributed by atoms with Crippen molar-refractivity contribution >= 4 is 46.6 Å². The number of methoxy groups -OCH3 is 1. The summed E-state index contributed by atoms with van der Waals surface area (Å²) in [5.74, 6) is 0.640. The summed E-state index contributed by atoms with van der Waals surface area (Å²) in [4.78, 5) is 30.8. The van der Waals surface area contributed by atoms with E-state index in [1.165, 1.54) is 0 Å². The molecule has 1 saturated heterocycles. The molecule has 0 radical (unpaired) electrons. The Hall–Kier alpha value is -2.25. The molecule has 3 rings (SSSR count). The molecule has 1 heterocycles. The third kappa shape index (κ3) is 7.37. The molecular formula is C26H30Cl3N3O3. The fourth-order valence-electron chi connectivity index (χ4n) is 3.94. The van der Waals surface area contributed by atoms with E-state index in [0.29, 0.717) is 66.4 Å². The number of hydrogen-bond acceptors (Lipinski definition) is 4. The molecule has 35 heavy (non-hydrogen) atoms. The van der Waals surface area contributed by atoms with Gasteiger partial charge < -0.3 is 19.4 Å². The van der Waals surface area contributed by atoms with E-state index >= 15 is 0 Å². The predicted octanol–water partition coefficient (Wildman–Crippen LogP) is 5.04. The summed E-state index contributed by atoms with van der Waals surface area (Å²) in [5, 5.41) is 1.58. The highest BCUT2D eigenvalue weighted by molar-refractivity contribution is 6.37. The maximum absolute atomic E-state index is 12.9. The predicted molar refractivity (Wildman–Crippen MR) is 143 cm³/mol. The van der Waals surface area contributed by atoms with Crippen molar-refractivity contribution in [3.8, 4) is 16.9 Å². The van der Waals surface area contributed by atoms with Crippen LogP contribution in [0.5, 0.6) is 5.75 Å². The number of halogens is 3. The van der Waals surface area contributed by atoms with Gasteiger partial charge in [-0.2, -0.15) is 0 Å². The van der Waals surface area contributed by atoms with Gasteiger partial charge in [-0.05, 0) is 56.4 Å². The molecule has 0 N–H and O–H groups in total. The first-order chi connectivity index (χ1) is 16.7. The van der Waals surface area contributed by atoms with Gasteiger partial charge in [-0.15, -0.1) is 0 Å². The molecule has 0 spiro atoms. The number of hydrogen-bond donors (Lipinski definition) is 0. The van der Waals surface area contributed by atoms with E-state index in [1.54, 1.807) is 42.4 Å². The number of aryl methyl sites for hydroxylation is 1. The molecule has 0 bridgehead atoms. The molecule has 2 amide bonds. The van der Waals surface area contributed by atoms with Crippen molar-refractivity contribution < 1.29 is 14.3 Å². The molecule has 0 unspecified atom stereocenters. The highest BCUT2D eigenvalue weighted by Crippen LogP contribution is 2.39. The van der Waals surface area contributed by atoms with Gasteiger partial charge in [-0.1, -0.05) is 40.9 Å². The first kappa shape index (κ1) is 27.3. The van der Waals surface area contributed by atoms with Crippen molar-refractivity contribution in [3.63, 3.8) is 0 Å². The normalized spacial score (nSPS) is 14.1. The average Bonchev–Trinajstić information content (AvgIpc) is 2.84. The van der Waals surface area contributed by atoms with Crippen LogP contribution in [0, 0.1) is 0 Å². The average molecular weight is 539 g/mol. The number of likely N-dealkylation sites (N-methyl/N-ethyl adjacent to an activating group) is 1. The minimum absolute atomic E-state index is 0.0166.